The van der Waals surface area contributed by atoms with Crippen molar-refractivity contribution in [3.05, 3.63) is 35.2 Å². The maximum atomic E-state index is 12.6. The molecule has 2 amide bonds. The van der Waals surface area contributed by atoms with Gasteiger partial charge >= 0.3 is 0 Å². The van der Waals surface area contributed by atoms with Crippen LogP contribution in [0.5, 0.6) is 5.75 Å². The lowest BCUT2D eigenvalue weighted by Gasteiger charge is -2.20. The molecule has 0 bridgehead atoms. The van der Waals surface area contributed by atoms with E-state index < -0.39 is 15.9 Å². The third-order valence-electron chi connectivity index (χ3n) is 4.41. The van der Waals surface area contributed by atoms with Crippen LogP contribution in [0.15, 0.2) is 23.2 Å². The van der Waals surface area contributed by atoms with E-state index in [1.165, 1.54) is 12.1 Å². The molecular formula is C17H20N4O5S. The number of nitrogens with one attached hydrogen (secondary N) is 2. The molecule has 2 N–H and O–H groups in total. The van der Waals surface area contributed by atoms with Crippen LogP contribution in [0.25, 0.3) is 0 Å². The fourth-order valence-corrected chi connectivity index (χ4v) is 4.06. The maximum Gasteiger partial charge on any atom is 0.264 e. The Morgan fingerprint density at radius 1 is 1.37 bits per heavy atom. The molecule has 1 aromatic carbocycles. The molecule has 0 atom stereocenters. The summed E-state index contributed by atoms with van der Waals surface area (Å²) in [5.74, 6) is -0.667. The van der Waals surface area contributed by atoms with E-state index in [2.05, 4.69) is 15.1 Å². The van der Waals surface area contributed by atoms with E-state index in [1.807, 2.05) is 6.92 Å². The van der Waals surface area contributed by atoms with E-state index in [9.17, 15) is 18.0 Å². The van der Waals surface area contributed by atoms with Crippen LogP contribution in [-0.2, 0) is 33.1 Å². The molecule has 0 spiro atoms. The van der Waals surface area contributed by atoms with Gasteiger partial charge in [0.05, 0.1) is 16.8 Å². The van der Waals surface area contributed by atoms with Gasteiger partial charge in [-0.2, -0.15) is 5.10 Å². The zero-order valence-corrected chi connectivity index (χ0v) is 16.0. The highest BCUT2D eigenvalue weighted by Crippen LogP contribution is 2.32. The average Bonchev–Trinajstić information content (AvgIpc) is 2.90. The molecule has 144 valence electrons. The summed E-state index contributed by atoms with van der Waals surface area (Å²) in [6.45, 7) is 3.28. The van der Waals surface area contributed by atoms with Crippen molar-refractivity contribution in [2.45, 2.75) is 31.6 Å². The van der Waals surface area contributed by atoms with Gasteiger partial charge in [-0.1, -0.05) is 0 Å². The lowest BCUT2D eigenvalue weighted by atomic mass is 10.1. The highest BCUT2D eigenvalue weighted by molar-refractivity contribution is 7.90. The number of anilines is 1. The predicted octanol–water partition coefficient (Wildman–Crippen LogP) is 0.806. The zero-order chi connectivity index (χ0) is 19.8. The topological polar surface area (TPSA) is 119 Å². The van der Waals surface area contributed by atoms with Crippen molar-refractivity contribution in [1.29, 1.82) is 0 Å². The smallest absolute Gasteiger partial charge is 0.264 e. The van der Waals surface area contributed by atoms with Crippen molar-refractivity contribution >= 4 is 27.5 Å². The number of hydrogen-bond donors (Lipinski definition) is 2. The van der Waals surface area contributed by atoms with Crippen LogP contribution in [0.2, 0.25) is 0 Å². The molecule has 0 fully saturated rings. The van der Waals surface area contributed by atoms with E-state index >= 15 is 0 Å². The molecule has 0 radical (unpaired) electrons. The summed E-state index contributed by atoms with van der Waals surface area (Å²) >= 11 is 0. The van der Waals surface area contributed by atoms with Gasteiger partial charge in [-0.05, 0) is 37.5 Å². The van der Waals surface area contributed by atoms with Gasteiger partial charge in [0, 0.05) is 25.2 Å². The van der Waals surface area contributed by atoms with Crippen LogP contribution in [-0.4, -0.2) is 36.6 Å². The molecule has 10 heteroatoms. The number of carbonyl (C=O) groups is 2. The second-order valence-electron chi connectivity index (χ2n) is 6.36. The number of sulfonamides is 1. The number of nitrogens with zero attached hydrogens (tertiary/aromatic N) is 2. The monoisotopic (exact) mass is 392 g/mol. The number of aryl methyl sites for hydroxylation is 3. The molecule has 1 aromatic heterocycles. The molecule has 2 heterocycles. The van der Waals surface area contributed by atoms with Crippen LogP contribution < -0.4 is 14.8 Å². The molecule has 3 rings (SSSR count). The molecule has 0 aliphatic carbocycles. The van der Waals surface area contributed by atoms with Crippen molar-refractivity contribution in [3.63, 3.8) is 0 Å². The largest absolute Gasteiger partial charge is 0.482 e. The first-order valence-corrected chi connectivity index (χ1v) is 9.76. The van der Waals surface area contributed by atoms with Gasteiger partial charge in [0.2, 0.25) is 5.91 Å². The highest BCUT2D eigenvalue weighted by Gasteiger charge is 2.25. The molecule has 2 aromatic rings. The minimum absolute atomic E-state index is 0.0162. The maximum absolute atomic E-state index is 12.6. The Labute approximate surface area is 156 Å². The summed E-state index contributed by atoms with van der Waals surface area (Å²) in [7, 11) is -2.26. The number of aromatic nitrogens is 2. The molecule has 1 aliphatic rings. The predicted molar refractivity (Wildman–Crippen MR) is 96.9 cm³/mol. The summed E-state index contributed by atoms with van der Waals surface area (Å²) in [6.07, 6.45) is 2.07. The number of amides is 2. The van der Waals surface area contributed by atoms with Crippen LogP contribution in [0.3, 0.4) is 0 Å². The summed E-state index contributed by atoms with van der Waals surface area (Å²) < 4.78 is 34.2. The zero-order valence-electron chi connectivity index (χ0n) is 15.2. The van der Waals surface area contributed by atoms with Crippen molar-refractivity contribution in [2.75, 3.05) is 11.9 Å². The Morgan fingerprint density at radius 2 is 2.11 bits per heavy atom. The van der Waals surface area contributed by atoms with Gasteiger partial charge in [0.25, 0.3) is 15.9 Å². The Hall–Kier alpha value is -2.88. The minimum Gasteiger partial charge on any atom is -0.482 e. The van der Waals surface area contributed by atoms with E-state index in [-0.39, 0.29) is 29.6 Å². The van der Waals surface area contributed by atoms with E-state index in [0.29, 0.717) is 17.7 Å². The molecule has 0 saturated heterocycles. The van der Waals surface area contributed by atoms with Gasteiger partial charge in [0.15, 0.2) is 6.61 Å². The van der Waals surface area contributed by atoms with E-state index in [0.717, 1.165) is 11.3 Å². The van der Waals surface area contributed by atoms with Gasteiger partial charge < -0.3 is 10.1 Å². The lowest BCUT2D eigenvalue weighted by molar-refractivity contribution is -0.119. The number of fused-ring (bicyclic) bond motifs is 1. The van der Waals surface area contributed by atoms with Gasteiger partial charge in [-0.3, -0.25) is 14.3 Å². The van der Waals surface area contributed by atoms with E-state index in [1.54, 1.807) is 24.9 Å². The lowest BCUT2D eigenvalue weighted by Crippen LogP contribution is -2.32. The van der Waals surface area contributed by atoms with Crippen molar-refractivity contribution in [2.24, 2.45) is 7.05 Å². The number of hydrogen-bond acceptors (Lipinski definition) is 6. The van der Waals surface area contributed by atoms with Crippen molar-refractivity contribution in [3.8, 4) is 5.75 Å². The number of ether oxygens (including phenoxy) is 1. The SMILES string of the molecule is Cc1cc2c(cc1S(=O)(=O)NC(=O)CCc1cnn(C)c1C)OCC(=O)N2. The van der Waals surface area contributed by atoms with Gasteiger partial charge in [-0.25, -0.2) is 13.1 Å². The molecular weight excluding hydrogens is 372 g/mol. The third kappa shape index (κ3) is 3.95. The average molecular weight is 392 g/mol. The van der Waals surface area contributed by atoms with Crippen LogP contribution in [0.1, 0.15) is 23.2 Å². The number of rotatable bonds is 5. The molecule has 1 aliphatic heterocycles. The second-order valence-corrected chi connectivity index (χ2v) is 8.01. The van der Waals surface area contributed by atoms with Crippen LogP contribution >= 0.6 is 0 Å². The van der Waals surface area contributed by atoms with Gasteiger partial charge in [0.1, 0.15) is 5.75 Å². The van der Waals surface area contributed by atoms with Crippen LogP contribution in [0.4, 0.5) is 5.69 Å². The third-order valence-corrected chi connectivity index (χ3v) is 5.92. The minimum atomic E-state index is -4.06. The highest BCUT2D eigenvalue weighted by atomic mass is 32.2. The normalized spacial score (nSPS) is 13.5. The second kappa shape index (κ2) is 7.03. The molecule has 0 unspecified atom stereocenters. The quantitative estimate of drug-likeness (QED) is 0.777. The first kappa shape index (κ1) is 18.9. The number of carbonyl (C=O) groups excluding carboxylic acids is 2. The first-order valence-electron chi connectivity index (χ1n) is 8.28. The summed E-state index contributed by atoms with van der Waals surface area (Å²) in [6, 6.07) is 2.81. The summed E-state index contributed by atoms with van der Waals surface area (Å²) in [4.78, 5) is 23.5. The Morgan fingerprint density at radius 3 is 2.78 bits per heavy atom. The van der Waals surface area contributed by atoms with E-state index in [4.69, 9.17) is 4.74 Å². The fourth-order valence-electron chi connectivity index (χ4n) is 2.80. The molecule has 27 heavy (non-hydrogen) atoms. The molecule has 0 saturated carbocycles. The summed E-state index contributed by atoms with van der Waals surface area (Å²) in [5, 5.41) is 6.71. The Kier molecular flexibility index (Phi) is 4.92. The molecule has 9 nitrogen and oxygen atoms in total. The standard InChI is InChI=1S/C17H20N4O5S/c1-10-6-13-14(26-9-17(23)19-13)7-15(10)27(24,25)20-16(22)5-4-12-8-18-21(3)11(12)2/h6-8H,4-5,9H2,1-3H3,(H,19,23)(H,20,22). The Balaban J connectivity index is 1.73. The Bertz CT molecular complexity index is 1030. The number of benzene rings is 1. The van der Waals surface area contributed by atoms with Crippen molar-refractivity contribution in [1.82, 2.24) is 14.5 Å². The van der Waals surface area contributed by atoms with Crippen molar-refractivity contribution < 1.29 is 22.7 Å². The fraction of sp³-hybridized carbons (Fsp3) is 0.353. The van der Waals surface area contributed by atoms with Crippen LogP contribution in [0, 0.1) is 13.8 Å². The summed E-state index contributed by atoms with van der Waals surface area (Å²) in [5.41, 5.74) is 2.61. The first-order chi connectivity index (χ1) is 12.7. The van der Waals surface area contributed by atoms with Gasteiger partial charge in [-0.15, -0.1) is 0 Å².